The van der Waals surface area contributed by atoms with Crippen molar-refractivity contribution < 1.29 is 8.81 Å². The second-order valence-corrected chi connectivity index (χ2v) is 6.50. The summed E-state index contributed by atoms with van der Waals surface area (Å²) in [6.45, 7) is 1.89. The highest BCUT2D eigenvalue weighted by atomic mass is 32.2. The monoisotopic (exact) mass is 320 g/mol. The van der Waals surface area contributed by atoms with E-state index in [1.54, 1.807) is 17.4 Å². The second kappa shape index (κ2) is 5.91. The van der Waals surface area contributed by atoms with Gasteiger partial charge in [0.05, 0.1) is 10.6 Å². The number of anilines is 1. The number of aryl methyl sites for hydroxylation is 1. The molecule has 3 nitrogen and oxygen atoms in total. The predicted octanol–water partition coefficient (Wildman–Crippen LogP) is 4.73. The van der Waals surface area contributed by atoms with Gasteiger partial charge in [0.15, 0.2) is 0 Å². The fourth-order valence-electron chi connectivity index (χ4n) is 1.89. The molecular formula is C15H13FN2OS2. The fraction of sp³-hybridized carbons (Fsp3) is 0.133. The van der Waals surface area contributed by atoms with E-state index in [0.717, 1.165) is 21.2 Å². The minimum absolute atomic E-state index is 0.325. The fourth-order valence-corrected chi connectivity index (χ4v) is 3.52. The Kier molecular flexibility index (Phi) is 3.98. The predicted molar refractivity (Wildman–Crippen MR) is 84.9 cm³/mol. The van der Waals surface area contributed by atoms with Crippen LogP contribution in [0.2, 0.25) is 0 Å². The van der Waals surface area contributed by atoms with Crippen LogP contribution in [0, 0.1) is 12.7 Å². The number of aromatic nitrogens is 1. The maximum Gasteiger partial charge on any atom is 0.236 e. The van der Waals surface area contributed by atoms with Crippen molar-refractivity contribution in [2.24, 2.45) is 0 Å². The summed E-state index contributed by atoms with van der Waals surface area (Å²) in [5.41, 5.74) is 6.93. The van der Waals surface area contributed by atoms with Crippen molar-refractivity contribution in [2.75, 3.05) is 5.73 Å². The molecule has 21 heavy (non-hydrogen) atoms. The highest BCUT2D eigenvalue weighted by Gasteiger charge is 2.12. The number of nitrogens with two attached hydrogens (primary N) is 1. The van der Waals surface area contributed by atoms with Crippen LogP contribution in [0.5, 0.6) is 0 Å². The van der Waals surface area contributed by atoms with Crippen LogP contribution >= 0.6 is 23.1 Å². The zero-order valence-electron chi connectivity index (χ0n) is 11.3. The van der Waals surface area contributed by atoms with Crippen molar-refractivity contribution in [1.29, 1.82) is 0 Å². The molecule has 6 heteroatoms. The summed E-state index contributed by atoms with van der Waals surface area (Å²) in [6.07, 6.45) is 0. The van der Waals surface area contributed by atoms with Gasteiger partial charge < -0.3 is 10.2 Å². The number of nitrogens with zero attached hydrogens (tertiary/aromatic N) is 1. The number of rotatable bonds is 4. The first-order valence-corrected chi connectivity index (χ1v) is 8.17. The molecule has 0 aliphatic rings. The van der Waals surface area contributed by atoms with Crippen molar-refractivity contribution in [3.63, 3.8) is 0 Å². The van der Waals surface area contributed by atoms with Crippen molar-refractivity contribution in [1.82, 2.24) is 4.98 Å². The van der Waals surface area contributed by atoms with Crippen LogP contribution in [0.15, 0.2) is 45.0 Å². The van der Waals surface area contributed by atoms with Gasteiger partial charge in [0.1, 0.15) is 11.6 Å². The molecular weight excluding hydrogens is 307 g/mol. The van der Waals surface area contributed by atoms with Crippen LogP contribution in [0.1, 0.15) is 11.5 Å². The first-order valence-electron chi connectivity index (χ1n) is 6.31. The number of oxazole rings is 1. The van der Waals surface area contributed by atoms with Crippen LogP contribution in [0.4, 0.5) is 10.1 Å². The number of halogens is 1. The van der Waals surface area contributed by atoms with Gasteiger partial charge in [-0.05, 0) is 36.6 Å². The average Bonchev–Trinajstić information content (AvgIpc) is 3.04. The smallest absolute Gasteiger partial charge is 0.236 e. The molecule has 2 N–H and O–H groups in total. The van der Waals surface area contributed by atoms with Crippen molar-refractivity contribution in [3.8, 4) is 10.8 Å². The van der Waals surface area contributed by atoms with Gasteiger partial charge in [-0.1, -0.05) is 6.07 Å². The molecule has 3 rings (SSSR count). The lowest BCUT2D eigenvalue weighted by molar-refractivity contribution is 0.542. The molecule has 0 saturated carbocycles. The number of thioether (sulfide) groups is 1. The van der Waals surface area contributed by atoms with E-state index in [2.05, 4.69) is 4.98 Å². The van der Waals surface area contributed by atoms with Crippen LogP contribution in [-0.2, 0) is 5.75 Å². The van der Waals surface area contributed by atoms with Gasteiger partial charge in [0.2, 0.25) is 5.89 Å². The Hall–Kier alpha value is -1.79. The number of hydrogen-bond acceptors (Lipinski definition) is 5. The Morgan fingerprint density at radius 2 is 2.24 bits per heavy atom. The molecule has 0 spiro atoms. The average molecular weight is 320 g/mol. The van der Waals surface area contributed by atoms with Gasteiger partial charge >= 0.3 is 0 Å². The Morgan fingerprint density at radius 1 is 1.38 bits per heavy atom. The van der Waals surface area contributed by atoms with Crippen molar-refractivity contribution in [2.45, 2.75) is 17.6 Å². The lowest BCUT2D eigenvalue weighted by Crippen LogP contribution is -1.89. The molecule has 1 aromatic carbocycles. The zero-order valence-corrected chi connectivity index (χ0v) is 12.9. The van der Waals surface area contributed by atoms with Crippen molar-refractivity contribution in [3.05, 3.63) is 53.0 Å². The molecule has 0 radical (unpaired) electrons. The van der Waals surface area contributed by atoms with Gasteiger partial charge in [-0.25, -0.2) is 9.37 Å². The molecule has 0 fully saturated rings. The lowest BCUT2D eigenvalue weighted by atomic mass is 10.3. The van der Waals surface area contributed by atoms with Crippen molar-refractivity contribution >= 4 is 28.8 Å². The molecule has 0 aliphatic carbocycles. The minimum atomic E-state index is -0.325. The van der Waals surface area contributed by atoms with Crippen LogP contribution in [0.3, 0.4) is 0 Å². The second-order valence-electron chi connectivity index (χ2n) is 4.51. The SMILES string of the molecule is Cc1oc(-c2cccs2)nc1CSc1cc(N)cc(F)c1. The summed E-state index contributed by atoms with van der Waals surface area (Å²) in [5.74, 6) is 1.71. The highest BCUT2D eigenvalue weighted by Crippen LogP contribution is 2.30. The Balaban J connectivity index is 1.76. The van der Waals surface area contributed by atoms with E-state index in [9.17, 15) is 4.39 Å². The molecule has 3 aromatic rings. The normalized spacial score (nSPS) is 11.0. The first kappa shape index (κ1) is 14.2. The highest BCUT2D eigenvalue weighted by molar-refractivity contribution is 7.98. The molecule has 0 saturated heterocycles. The quantitative estimate of drug-likeness (QED) is 0.558. The molecule has 0 atom stereocenters. The van der Waals surface area contributed by atoms with E-state index < -0.39 is 0 Å². The third-order valence-corrected chi connectivity index (χ3v) is 4.74. The van der Waals surface area contributed by atoms with Crippen LogP contribution in [0.25, 0.3) is 10.8 Å². The standard InChI is InChI=1S/C15H13FN2OS2/c1-9-13(18-15(19-9)14-3-2-4-20-14)8-21-12-6-10(16)5-11(17)7-12/h2-7H,8,17H2,1H3. The van der Waals surface area contributed by atoms with E-state index in [4.69, 9.17) is 10.2 Å². The van der Waals surface area contributed by atoms with Crippen LogP contribution in [-0.4, -0.2) is 4.98 Å². The largest absolute Gasteiger partial charge is 0.440 e. The zero-order chi connectivity index (χ0) is 14.8. The Bertz CT molecular complexity index is 733. The molecule has 108 valence electrons. The minimum Gasteiger partial charge on any atom is -0.440 e. The van der Waals surface area contributed by atoms with Crippen LogP contribution < -0.4 is 5.73 Å². The summed E-state index contributed by atoms with van der Waals surface area (Å²) in [6, 6.07) is 8.46. The van der Waals surface area contributed by atoms with E-state index in [-0.39, 0.29) is 5.82 Å². The van der Waals surface area contributed by atoms with Gasteiger partial charge in [-0.2, -0.15) is 0 Å². The summed E-state index contributed by atoms with van der Waals surface area (Å²) in [4.78, 5) is 6.30. The number of benzene rings is 1. The first-order chi connectivity index (χ1) is 10.1. The molecule has 0 aliphatic heterocycles. The molecule has 0 bridgehead atoms. The van der Waals surface area contributed by atoms with E-state index in [0.29, 0.717) is 17.3 Å². The molecule has 0 unspecified atom stereocenters. The number of hydrogen-bond donors (Lipinski definition) is 1. The third kappa shape index (κ3) is 3.28. The molecule has 0 amide bonds. The van der Waals surface area contributed by atoms with Gasteiger partial charge in [-0.15, -0.1) is 23.1 Å². The Labute approximate surface area is 130 Å². The van der Waals surface area contributed by atoms with Gasteiger partial charge in [0.25, 0.3) is 0 Å². The summed E-state index contributed by atoms with van der Waals surface area (Å²) >= 11 is 3.07. The Morgan fingerprint density at radius 3 is 2.95 bits per heavy atom. The topological polar surface area (TPSA) is 52.0 Å². The number of thiophene rings is 1. The maximum atomic E-state index is 13.3. The molecule has 2 heterocycles. The number of nitrogen functional groups attached to an aromatic ring is 1. The van der Waals surface area contributed by atoms with E-state index in [1.807, 2.05) is 24.4 Å². The van der Waals surface area contributed by atoms with E-state index >= 15 is 0 Å². The maximum absolute atomic E-state index is 13.3. The van der Waals surface area contributed by atoms with Gasteiger partial charge in [0, 0.05) is 16.3 Å². The van der Waals surface area contributed by atoms with Gasteiger partial charge in [-0.3, -0.25) is 0 Å². The summed E-state index contributed by atoms with van der Waals surface area (Å²) in [5, 5.41) is 1.98. The molecule has 2 aromatic heterocycles. The van der Waals surface area contributed by atoms with E-state index in [1.165, 1.54) is 23.9 Å². The summed E-state index contributed by atoms with van der Waals surface area (Å²) < 4.78 is 19.0. The third-order valence-electron chi connectivity index (χ3n) is 2.89. The lowest BCUT2D eigenvalue weighted by Gasteiger charge is -2.02. The summed E-state index contributed by atoms with van der Waals surface area (Å²) in [7, 11) is 0.